The van der Waals surface area contributed by atoms with Gasteiger partial charge >= 0.3 is 0 Å². The Balaban J connectivity index is 1.52. The fraction of sp³-hybridized carbons (Fsp3) is 0.250. The topological polar surface area (TPSA) is 59.8 Å². The predicted molar refractivity (Wildman–Crippen MR) is 123 cm³/mol. The zero-order valence-electron chi connectivity index (χ0n) is 16.1. The molecular formula is C20H19Cl2FN4OS2. The lowest BCUT2D eigenvalue weighted by Crippen LogP contribution is -2.14. The van der Waals surface area contributed by atoms with E-state index < -0.39 is 0 Å². The maximum atomic E-state index is 13.0. The molecule has 158 valence electrons. The average Bonchev–Trinajstić information content (AvgIpc) is 3.12. The smallest absolute Gasteiger partial charge is 0.234 e. The minimum Gasteiger partial charge on any atom is -0.325 e. The zero-order valence-corrected chi connectivity index (χ0v) is 19.2. The number of aromatic nitrogens is 3. The molecule has 2 aromatic carbocycles. The van der Waals surface area contributed by atoms with Gasteiger partial charge in [0.2, 0.25) is 5.91 Å². The molecule has 0 aliphatic rings. The highest BCUT2D eigenvalue weighted by atomic mass is 35.5. The molecule has 1 aromatic heterocycles. The number of anilines is 1. The lowest BCUT2D eigenvalue weighted by Gasteiger charge is -2.08. The number of carbonyl (C=O) groups excluding carboxylic acids is 1. The quantitative estimate of drug-likeness (QED) is 0.382. The first-order valence-corrected chi connectivity index (χ1v) is 12.0. The molecule has 1 heterocycles. The highest BCUT2D eigenvalue weighted by Gasteiger charge is 2.14. The van der Waals surface area contributed by atoms with Crippen molar-refractivity contribution in [3.63, 3.8) is 0 Å². The van der Waals surface area contributed by atoms with Crippen molar-refractivity contribution >= 4 is 58.3 Å². The fourth-order valence-corrected chi connectivity index (χ4v) is 4.64. The number of rotatable bonds is 9. The largest absolute Gasteiger partial charge is 0.325 e. The highest BCUT2D eigenvalue weighted by Crippen LogP contribution is 2.26. The number of thioether (sulfide) groups is 2. The van der Waals surface area contributed by atoms with Gasteiger partial charge in [0.1, 0.15) is 11.6 Å². The summed E-state index contributed by atoms with van der Waals surface area (Å²) in [6, 6.07) is 11.4. The van der Waals surface area contributed by atoms with E-state index in [-0.39, 0.29) is 17.5 Å². The number of nitrogens with zero attached hydrogens (tertiary/aromatic N) is 3. The summed E-state index contributed by atoms with van der Waals surface area (Å²) in [5, 5.41) is 12.8. The summed E-state index contributed by atoms with van der Waals surface area (Å²) in [5.74, 6) is 2.06. The van der Waals surface area contributed by atoms with E-state index in [9.17, 15) is 9.18 Å². The lowest BCUT2D eigenvalue weighted by molar-refractivity contribution is -0.113. The maximum absolute atomic E-state index is 13.0. The standard InChI is InChI=1S/C20H19Cl2FN4OS2/c1-2-27-18(11-29-10-13-3-5-14(23)6-4-13)25-26-20(27)30-12-19(28)24-15-7-8-16(21)17(22)9-15/h3-9H,2,10-12H2,1H3,(H,24,28). The van der Waals surface area contributed by atoms with E-state index in [4.69, 9.17) is 23.2 Å². The van der Waals surface area contributed by atoms with Crippen LogP contribution in [0.3, 0.4) is 0 Å². The molecular weight excluding hydrogens is 466 g/mol. The van der Waals surface area contributed by atoms with Crippen LogP contribution in [0, 0.1) is 5.82 Å². The van der Waals surface area contributed by atoms with E-state index >= 15 is 0 Å². The van der Waals surface area contributed by atoms with E-state index in [1.165, 1.54) is 23.9 Å². The van der Waals surface area contributed by atoms with Gasteiger partial charge in [-0.1, -0.05) is 47.1 Å². The van der Waals surface area contributed by atoms with E-state index in [0.29, 0.717) is 33.2 Å². The van der Waals surface area contributed by atoms with Crippen LogP contribution in [0.2, 0.25) is 10.0 Å². The normalized spacial score (nSPS) is 10.9. The van der Waals surface area contributed by atoms with Crippen molar-refractivity contribution in [1.29, 1.82) is 0 Å². The summed E-state index contributed by atoms with van der Waals surface area (Å²) < 4.78 is 15.0. The number of halogens is 3. The second-order valence-electron chi connectivity index (χ2n) is 6.23. The third kappa shape index (κ3) is 6.38. The van der Waals surface area contributed by atoms with Gasteiger partial charge in [0.25, 0.3) is 0 Å². The molecule has 5 nitrogen and oxygen atoms in total. The number of benzene rings is 2. The van der Waals surface area contributed by atoms with Crippen LogP contribution in [0.1, 0.15) is 18.3 Å². The molecule has 1 N–H and O–H groups in total. The summed E-state index contributed by atoms with van der Waals surface area (Å²) in [6.45, 7) is 2.72. The molecule has 0 atom stereocenters. The van der Waals surface area contributed by atoms with E-state index in [1.54, 1.807) is 42.1 Å². The SMILES string of the molecule is CCn1c(CSCc2ccc(F)cc2)nnc1SCC(=O)Nc1ccc(Cl)c(Cl)c1. The predicted octanol–water partition coefficient (Wildman–Crippen LogP) is 5.91. The Morgan fingerprint density at radius 3 is 2.57 bits per heavy atom. The van der Waals surface area contributed by atoms with Gasteiger partial charge in [-0.05, 0) is 42.8 Å². The van der Waals surface area contributed by atoms with Crippen molar-refractivity contribution in [3.05, 3.63) is 69.7 Å². The van der Waals surface area contributed by atoms with E-state index in [2.05, 4.69) is 15.5 Å². The van der Waals surface area contributed by atoms with Gasteiger partial charge in [0.05, 0.1) is 21.6 Å². The Labute approximate surface area is 192 Å². The monoisotopic (exact) mass is 484 g/mol. The Kier molecular flexibility index (Phi) is 8.44. The number of hydrogen-bond acceptors (Lipinski definition) is 5. The second-order valence-corrected chi connectivity index (χ2v) is 8.97. The summed E-state index contributed by atoms with van der Waals surface area (Å²) in [6.07, 6.45) is 0. The van der Waals surface area contributed by atoms with E-state index in [0.717, 1.165) is 17.1 Å². The third-order valence-electron chi connectivity index (χ3n) is 4.06. The number of nitrogens with one attached hydrogen (secondary N) is 1. The molecule has 0 spiro atoms. The number of carbonyl (C=O) groups is 1. The van der Waals surface area contributed by atoms with Crippen molar-refractivity contribution in [3.8, 4) is 0 Å². The number of amides is 1. The van der Waals surface area contributed by atoms with Crippen molar-refractivity contribution in [2.45, 2.75) is 30.1 Å². The highest BCUT2D eigenvalue weighted by molar-refractivity contribution is 7.99. The Hall–Kier alpha value is -1.74. The van der Waals surface area contributed by atoms with Crippen LogP contribution in [-0.4, -0.2) is 26.4 Å². The van der Waals surface area contributed by atoms with Crippen LogP contribution in [-0.2, 0) is 22.8 Å². The first-order chi connectivity index (χ1) is 14.5. The van der Waals surface area contributed by atoms with Gasteiger partial charge in [0, 0.05) is 18.0 Å². The summed E-state index contributed by atoms with van der Waals surface area (Å²) in [5.41, 5.74) is 1.64. The first kappa shape index (κ1) is 22.9. The second kappa shape index (κ2) is 11.0. The van der Waals surface area contributed by atoms with Gasteiger partial charge in [-0.15, -0.1) is 22.0 Å². The Bertz CT molecular complexity index is 1010. The zero-order chi connectivity index (χ0) is 21.5. The number of hydrogen-bond donors (Lipinski definition) is 1. The molecule has 0 aliphatic carbocycles. The van der Waals surface area contributed by atoms with Crippen LogP contribution in [0.25, 0.3) is 0 Å². The van der Waals surface area contributed by atoms with Crippen molar-refractivity contribution in [1.82, 2.24) is 14.8 Å². The minimum absolute atomic E-state index is 0.170. The van der Waals surface area contributed by atoms with Gasteiger partial charge < -0.3 is 9.88 Å². The molecule has 30 heavy (non-hydrogen) atoms. The first-order valence-electron chi connectivity index (χ1n) is 9.08. The molecule has 0 bridgehead atoms. The van der Waals surface area contributed by atoms with Crippen molar-refractivity contribution in [2.24, 2.45) is 0 Å². The molecule has 0 unspecified atom stereocenters. The molecule has 3 rings (SSSR count). The van der Waals surface area contributed by atoms with Gasteiger partial charge in [-0.3, -0.25) is 4.79 Å². The fourth-order valence-electron chi connectivity index (χ4n) is 2.59. The molecule has 0 fully saturated rings. The van der Waals surface area contributed by atoms with Crippen LogP contribution in [0.4, 0.5) is 10.1 Å². The Morgan fingerprint density at radius 1 is 1.10 bits per heavy atom. The van der Waals surface area contributed by atoms with Crippen molar-refractivity contribution < 1.29 is 9.18 Å². The molecule has 0 radical (unpaired) electrons. The van der Waals surface area contributed by atoms with Crippen LogP contribution < -0.4 is 5.32 Å². The lowest BCUT2D eigenvalue weighted by atomic mass is 10.2. The molecule has 10 heteroatoms. The molecule has 0 saturated carbocycles. The van der Waals surface area contributed by atoms with Crippen LogP contribution in [0.5, 0.6) is 0 Å². The molecule has 0 aliphatic heterocycles. The molecule has 3 aromatic rings. The van der Waals surface area contributed by atoms with Crippen molar-refractivity contribution in [2.75, 3.05) is 11.1 Å². The van der Waals surface area contributed by atoms with Crippen LogP contribution >= 0.6 is 46.7 Å². The molecule has 1 amide bonds. The van der Waals surface area contributed by atoms with Gasteiger partial charge in [0.15, 0.2) is 5.16 Å². The summed E-state index contributed by atoms with van der Waals surface area (Å²) in [7, 11) is 0. The van der Waals surface area contributed by atoms with Crippen LogP contribution in [0.15, 0.2) is 47.6 Å². The average molecular weight is 485 g/mol. The summed E-state index contributed by atoms with van der Waals surface area (Å²) in [4.78, 5) is 12.2. The third-order valence-corrected chi connectivity index (χ3v) is 6.76. The van der Waals surface area contributed by atoms with Gasteiger partial charge in [-0.2, -0.15) is 0 Å². The maximum Gasteiger partial charge on any atom is 0.234 e. The molecule has 0 saturated heterocycles. The minimum atomic E-state index is -0.237. The Morgan fingerprint density at radius 2 is 1.87 bits per heavy atom. The van der Waals surface area contributed by atoms with Gasteiger partial charge in [-0.25, -0.2) is 4.39 Å². The van der Waals surface area contributed by atoms with E-state index in [1.807, 2.05) is 11.5 Å². The summed E-state index contributed by atoms with van der Waals surface area (Å²) >= 11 is 14.9.